The number of anilines is 1. The number of oxazole rings is 1. The van der Waals surface area contributed by atoms with Gasteiger partial charge in [0.05, 0.1) is 33.7 Å². The van der Waals surface area contributed by atoms with Gasteiger partial charge in [0.2, 0.25) is 23.2 Å². The van der Waals surface area contributed by atoms with E-state index in [2.05, 4.69) is 102 Å². The highest BCUT2D eigenvalue weighted by molar-refractivity contribution is 6.92. The topological polar surface area (TPSA) is 278 Å². The molecule has 7 heterocycles. The van der Waals surface area contributed by atoms with Gasteiger partial charge in [0.25, 0.3) is 11.3 Å². The highest BCUT2D eigenvalue weighted by atomic mass is 31.0. The van der Waals surface area contributed by atoms with E-state index < -0.39 is 21.3 Å². The van der Waals surface area contributed by atoms with Crippen LogP contribution in [0.5, 0.6) is 0 Å². The number of rotatable bonds is 13. The number of aromatic amines is 1. The summed E-state index contributed by atoms with van der Waals surface area (Å²) in [5.74, 6) is -0.489. The molecule has 0 saturated heterocycles. The highest BCUT2D eigenvalue weighted by Crippen LogP contribution is 2.47. The van der Waals surface area contributed by atoms with Crippen LogP contribution in [0.3, 0.4) is 0 Å². The molecule has 2 saturated carbocycles. The minimum absolute atomic E-state index is 0.0377. The third-order valence-corrected chi connectivity index (χ3v) is 12.5. The Morgan fingerprint density at radius 1 is 0.811 bits per heavy atom. The lowest BCUT2D eigenvalue weighted by atomic mass is 10.1. The van der Waals surface area contributed by atoms with Crippen LogP contribution in [-0.4, -0.2) is 104 Å². The van der Waals surface area contributed by atoms with Gasteiger partial charge in [0.1, 0.15) is 46.9 Å². The van der Waals surface area contributed by atoms with Gasteiger partial charge in [-0.1, -0.05) is 60.6 Å². The standard InChI is InChI=1S/C21H16FN7O2.C16H12FN7O2.C8H19N.C5H8O2.H3P/c1-21(7-8-21)20-24-18-19(31-20)23-17(25-26-18)15-10-16(14-6-9-30-28-14)29(27-15)11-12-4-2-3-5-13(12)22;17-10-4-2-1-3-9(10)8-24-13(11-5-6-26-23-11)7-12(22-24)15-19-16(25)14(18)20-21-15;1-6-9(7(2)3)8(4)5;1-5(2-3-5)4(6)7;/h2-6,9-10H,7-8,11H2,1H3;1-7H,8H2,(H2,18,20)(H,19,21,25);7-8H,6H2,1-5H3;2-3H2,1H3,(H,6,7);1H3/i;;;;1T3. The lowest BCUT2D eigenvalue weighted by molar-refractivity contribution is -0.142. The molecule has 0 aliphatic heterocycles. The van der Waals surface area contributed by atoms with Crippen LogP contribution < -0.4 is 11.3 Å². The number of carbonyl (C=O) groups is 1. The Balaban J connectivity index is 0.000000167. The first kappa shape index (κ1) is 49.7. The van der Waals surface area contributed by atoms with Crippen molar-refractivity contribution >= 4 is 32.9 Å². The summed E-state index contributed by atoms with van der Waals surface area (Å²) in [6.07, 6.45) is 6.67. The number of nitrogens with one attached hydrogen (secondary N) is 1. The zero-order chi connectivity index (χ0) is 55.6. The number of H-pyrrole nitrogens is 1. The number of halogens is 2. The summed E-state index contributed by atoms with van der Waals surface area (Å²) in [6, 6.07) is 21.1. The molecular weight excluding hydrogens is 976 g/mol. The van der Waals surface area contributed by atoms with E-state index >= 15 is 0 Å². The number of nitrogens with two attached hydrogens (primary N) is 1. The predicted molar refractivity (Wildman–Crippen MR) is 274 cm³/mol. The van der Waals surface area contributed by atoms with Gasteiger partial charge in [-0.2, -0.15) is 29.9 Å². The summed E-state index contributed by atoms with van der Waals surface area (Å²) >= 11 is 0. The molecule has 2 fully saturated rings. The Morgan fingerprint density at radius 2 is 1.35 bits per heavy atom. The van der Waals surface area contributed by atoms with Crippen molar-refractivity contribution in [3.05, 3.63) is 124 Å². The average Bonchev–Trinajstić information content (AvgIpc) is 3.88. The monoisotopic (exact) mass is 1040 g/mol. The highest BCUT2D eigenvalue weighted by Gasteiger charge is 2.45. The first-order valence-electron chi connectivity index (χ1n) is 25.0. The second-order valence-electron chi connectivity index (χ2n) is 18.7. The maximum atomic E-state index is 14.2. The van der Waals surface area contributed by atoms with E-state index in [4.69, 9.17) is 28.1 Å². The predicted octanol–water partition coefficient (Wildman–Crippen LogP) is 8.28. The summed E-state index contributed by atoms with van der Waals surface area (Å²) in [4.78, 5) is 35.6. The molecule has 0 radical (unpaired) electrons. The molecule has 0 spiro atoms. The Labute approximate surface area is 430 Å². The maximum Gasteiger partial charge on any atom is 0.309 e. The van der Waals surface area contributed by atoms with Gasteiger partial charge in [-0.25, -0.2) is 8.78 Å². The van der Waals surface area contributed by atoms with Crippen LogP contribution >= 0.6 is 9.73 Å². The number of fused-ring (bicyclic) bond motifs is 1. The second-order valence-corrected chi connectivity index (χ2v) is 18.7. The minimum atomic E-state index is -1.87. The normalized spacial score (nSPS) is 14.4. The number of carboxylic acids is 1. The Morgan fingerprint density at radius 3 is 1.78 bits per heavy atom. The number of benzene rings is 2. The van der Waals surface area contributed by atoms with Crippen LogP contribution in [0.1, 0.15) is 91.2 Å². The molecule has 21 nitrogen and oxygen atoms in total. The number of hydrogen-bond donors (Lipinski definition) is 3. The quantitative estimate of drug-likeness (QED) is 0.0916. The SMILES string of the molecule is CC1(C(=O)O)CC1.CC1(c2nc3nnc(-c4cc(-c5ccon5)n(Cc5ccccc5F)n4)nc3o2)CC1.CCN(C(C)C)C(C)C.Nc1nnc(-c2cc(-c3ccon3)n(Cc3ccccc3F)n2)[nH]c1=O.[3H]P([3H])[3H]. The molecule has 0 bridgehead atoms. The van der Waals surface area contributed by atoms with E-state index in [0.717, 1.165) is 32.2 Å². The summed E-state index contributed by atoms with van der Waals surface area (Å²) in [5.41, 5.74) is 9.15. The molecule has 7 aromatic heterocycles. The van der Waals surface area contributed by atoms with Crippen LogP contribution in [0.4, 0.5) is 14.6 Å². The van der Waals surface area contributed by atoms with Crippen molar-refractivity contribution in [1.29, 1.82) is 3.84 Å². The number of aromatic nitrogens is 13. The Bertz CT molecular complexity index is 3420. The van der Waals surface area contributed by atoms with E-state index in [-0.39, 0.29) is 53.0 Å². The average molecular weight is 1040 g/mol. The molecule has 2 aliphatic rings. The number of aliphatic carboxylic acids is 1. The summed E-state index contributed by atoms with van der Waals surface area (Å²) < 4.78 is 65.1. The van der Waals surface area contributed by atoms with Crippen molar-refractivity contribution in [2.75, 3.05) is 12.3 Å². The fraction of sp³-hybridized carbons (Fsp3) is 0.360. The van der Waals surface area contributed by atoms with Crippen molar-refractivity contribution in [1.82, 2.24) is 70.1 Å². The fourth-order valence-electron chi connectivity index (χ4n) is 7.59. The smallest absolute Gasteiger partial charge is 0.309 e. The largest absolute Gasteiger partial charge is 0.481 e. The van der Waals surface area contributed by atoms with Crippen molar-refractivity contribution in [3.8, 4) is 45.8 Å². The maximum absolute atomic E-state index is 14.2. The van der Waals surface area contributed by atoms with E-state index in [9.17, 15) is 18.4 Å². The van der Waals surface area contributed by atoms with Crippen LogP contribution in [0.2, 0.25) is 0 Å². The van der Waals surface area contributed by atoms with Gasteiger partial charge in [-0.15, -0.1) is 20.4 Å². The van der Waals surface area contributed by atoms with Crippen molar-refractivity contribution in [3.63, 3.8) is 0 Å². The van der Waals surface area contributed by atoms with Gasteiger partial charge in [0.15, 0.2) is 5.82 Å². The van der Waals surface area contributed by atoms with E-state index in [0.29, 0.717) is 74.6 Å². The summed E-state index contributed by atoms with van der Waals surface area (Å²) in [5, 5.41) is 41.0. The van der Waals surface area contributed by atoms with Gasteiger partial charge in [-0.05, 0) is 91.1 Å². The molecule has 2 aromatic carbocycles. The summed E-state index contributed by atoms with van der Waals surface area (Å²) in [7, 11) is -1.87. The third-order valence-electron chi connectivity index (χ3n) is 12.5. The lowest BCUT2D eigenvalue weighted by Gasteiger charge is -2.28. The molecule has 74 heavy (non-hydrogen) atoms. The summed E-state index contributed by atoms with van der Waals surface area (Å²) in [6.45, 7) is 16.6. The first-order valence-corrected chi connectivity index (χ1v) is 23.6. The first-order chi connectivity index (χ1) is 36.7. The van der Waals surface area contributed by atoms with Crippen molar-refractivity contribution < 1.29 is 32.1 Å². The fourth-order valence-corrected chi connectivity index (χ4v) is 7.59. The van der Waals surface area contributed by atoms with Crippen LogP contribution in [0.15, 0.2) is 104 Å². The second kappa shape index (κ2) is 22.9. The molecule has 2 aliphatic carbocycles. The molecular formula is C50H58F2N15O6P. The van der Waals surface area contributed by atoms with E-state index in [1.165, 1.54) is 24.7 Å². The molecule has 4 N–H and O–H groups in total. The minimum Gasteiger partial charge on any atom is -0.481 e. The van der Waals surface area contributed by atoms with E-state index in [1.54, 1.807) is 77.0 Å². The van der Waals surface area contributed by atoms with Gasteiger partial charge < -0.3 is 29.3 Å². The third kappa shape index (κ3) is 12.6. The molecule has 0 unspecified atom stereocenters. The molecule has 388 valence electrons. The van der Waals surface area contributed by atoms with Crippen LogP contribution in [-0.2, 0) is 23.3 Å². The Hall–Kier alpha value is -7.91. The number of nitrogen functional groups attached to an aromatic ring is 1. The van der Waals surface area contributed by atoms with Gasteiger partial charge in [-0.3, -0.25) is 23.9 Å². The molecule has 24 heteroatoms. The molecule has 9 aromatic rings. The van der Waals surface area contributed by atoms with E-state index in [1.807, 2.05) is 0 Å². The number of hydrogen-bond acceptors (Lipinski definition) is 17. The van der Waals surface area contributed by atoms with Crippen molar-refractivity contribution in [2.45, 2.75) is 105 Å². The zero-order valence-corrected chi connectivity index (χ0v) is 42.7. The number of nitrogens with zero attached hydrogens (tertiary/aromatic N) is 13. The van der Waals surface area contributed by atoms with Gasteiger partial charge in [0, 0.05) is 40.8 Å². The molecule has 0 atom stereocenters. The zero-order valence-electron chi connectivity index (χ0n) is 44.8. The van der Waals surface area contributed by atoms with Gasteiger partial charge >= 0.3 is 5.97 Å². The van der Waals surface area contributed by atoms with Crippen molar-refractivity contribution in [2.24, 2.45) is 5.41 Å². The Kier molecular flexibility index (Phi) is 15.4. The lowest BCUT2D eigenvalue weighted by Crippen LogP contribution is -2.36. The van der Waals surface area contributed by atoms with Crippen LogP contribution in [0.25, 0.3) is 57.2 Å². The molecule has 0 amide bonds. The number of carboxylic acid groups (broad SMARTS) is 1. The van der Waals surface area contributed by atoms with Crippen LogP contribution in [0, 0.1) is 17.0 Å². The molecule has 11 rings (SSSR count).